The number of aliphatic hydroxyl groups excluding tert-OH is 2. The maximum atomic E-state index is 13.8. The van der Waals surface area contributed by atoms with Crippen molar-refractivity contribution in [3.8, 4) is 0 Å². The van der Waals surface area contributed by atoms with Crippen LogP contribution in [-0.4, -0.2) is 152 Å². The van der Waals surface area contributed by atoms with Gasteiger partial charge in [-0.1, -0.05) is 6.42 Å². The van der Waals surface area contributed by atoms with Crippen LogP contribution in [0.2, 0.25) is 0 Å². The first-order valence-electron chi connectivity index (χ1n) is 18.7. The molecule has 8 amide bonds. The Hall–Kier alpha value is -5.37. The van der Waals surface area contributed by atoms with Crippen LogP contribution in [0.25, 0.3) is 0 Å². The van der Waals surface area contributed by atoms with Crippen molar-refractivity contribution in [3.63, 3.8) is 0 Å². The van der Waals surface area contributed by atoms with Crippen molar-refractivity contribution in [2.24, 2.45) is 22.9 Å². The first kappa shape index (κ1) is 51.6. The van der Waals surface area contributed by atoms with Gasteiger partial charge in [0.25, 0.3) is 0 Å². The van der Waals surface area contributed by atoms with E-state index in [-0.39, 0.29) is 32.1 Å². The van der Waals surface area contributed by atoms with E-state index in [9.17, 15) is 58.5 Å². The largest absolute Gasteiger partial charge is 0.480 e. The Morgan fingerprint density at radius 1 is 0.729 bits per heavy atom. The zero-order valence-corrected chi connectivity index (χ0v) is 33.8. The third-order valence-electron chi connectivity index (χ3n) is 8.65. The molecular weight excluding hydrogens is 801 g/mol. The van der Waals surface area contributed by atoms with Gasteiger partial charge in [0, 0.05) is 31.2 Å². The van der Waals surface area contributed by atoms with Gasteiger partial charge in [0.1, 0.15) is 30.2 Å². The fraction of sp³-hybridized carbons (Fsp3) is 0.647. The van der Waals surface area contributed by atoms with Crippen LogP contribution in [0, 0.1) is 0 Å². The number of amides is 8. The number of unbranched alkanes of at least 4 members (excludes halogenated alkanes) is 1. The van der Waals surface area contributed by atoms with Crippen molar-refractivity contribution in [1.29, 1.82) is 0 Å². The van der Waals surface area contributed by atoms with Crippen LogP contribution in [0.1, 0.15) is 64.0 Å². The summed E-state index contributed by atoms with van der Waals surface area (Å²) < 4.78 is 0. The number of aromatic nitrogens is 2. The van der Waals surface area contributed by atoms with Crippen LogP contribution >= 0.6 is 11.8 Å². The summed E-state index contributed by atoms with van der Waals surface area (Å²) in [6.07, 6.45) is 2.45. The zero-order chi connectivity index (χ0) is 44.7. The van der Waals surface area contributed by atoms with Gasteiger partial charge in [0.05, 0.1) is 25.1 Å². The van der Waals surface area contributed by atoms with Gasteiger partial charge in [-0.3, -0.25) is 38.4 Å². The van der Waals surface area contributed by atoms with Crippen LogP contribution in [0.4, 0.5) is 0 Å². The second-order valence-corrected chi connectivity index (χ2v) is 14.5. The van der Waals surface area contributed by atoms with E-state index in [0.717, 1.165) is 6.92 Å². The lowest BCUT2D eigenvalue weighted by Gasteiger charge is -2.27. The monoisotopic (exact) mass is 858 g/mol. The van der Waals surface area contributed by atoms with Crippen LogP contribution in [-0.2, 0) is 49.6 Å². The predicted molar refractivity (Wildman–Crippen MR) is 211 cm³/mol. The maximum absolute atomic E-state index is 13.8. The molecule has 0 aromatic carbocycles. The number of aliphatic carboxylic acids is 1. The van der Waals surface area contributed by atoms with Gasteiger partial charge in [0.15, 0.2) is 6.04 Å². The van der Waals surface area contributed by atoms with Crippen molar-refractivity contribution in [2.75, 3.05) is 25.2 Å². The van der Waals surface area contributed by atoms with Gasteiger partial charge < -0.3 is 75.1 Å². The van der Waals surface area contributed by atoms with Gasteiger partial charge >= 0.3 is 5.97 Å². The quantitative estimate of drug-likeness (QED) is 0.0320. The second kappa shape index (κ2) is 27.3. The van der Waals surface area contributed by atoms with Crippen LogP contribution in [0.5, 0.6) is 0 Å². The molecule has 59 heavy (non-hydrogen) atoms. The van der Waals surface area contributed by atoms with E-state index in [4.69, 9.17) is 22.9 Å². The Morgan fingerprint density at radius 2 is 1.20 bits per heavy atom. The summed E-state index contributed by atoms with van der Waals surface area (Å²) in [7, 11) is 0. The molecule has 18 N–H and O–H groups in total. The molecule has 0 aliphatic carbocycles. The molecule has 1 rings (SSSR count). The van der Waals surface area contributed by atoms with E-state index in [0.29, 0.717) is 30.8 Å². The van der Waals surface area contributed by atoms with Gasteiger partial charge in [-0.15, -0.1) is 0 Å². The molecule has 24 nitrogen and oxygen atoms in total. The highest BCUT2D eigenvalue weighted by Crippen LogP contribution is 2.08. The van der Waals surface area contributed by atoms with E-state index in [1.54, 1.807) is 6.26 Å². The first-order chi connectivity index (χ1) is 27.8. The zero-order valence-electron chi connectivity index (χ0n) is 32.9. The fourth-order valence-electron chi connectivity index (χ4n) is 5.29. The topological polar surface area (TPSA) is 419 Å². The van der Waals surface area contributed by atoms with Gasteiger partial charge in [-0.25, -0.2) is 9.78 Å². The molecule has 8 atom stereocenters. The Labute approximate surface area is 344 Å². The van der Waals surface area contributed by atoms with E-state index in [1.807, 2.05) is 0 Å². The Kier molecular flexibility index (Phi) is 23.9. The van der Waals surface area contributed by atoms with Crippen molar-refractivity contribution in [3.05, 3.63) is 18.2 Å². The molecule has 25 heteroatoms. The number of H-pyrrole nitrogens is 1. The van der Waals surface area contributed by atoms with E-state index < -0.39 is 121 Å². The minimum atomic E-state index is -1.76. The van der Waals surface area contributed by atoms with E-state index in [1.165, 1.54) is 24.3 Å². The third kappa shape index (κ3) is 19.8. The molecule has 0 unspecified atom stereocenters. The number of thioether (sulfide) groups is 1. The summed E-state index contributed by atoms with van der Waals surface area (Å²) >= 11 is 1.32. The highest BCUT2D eigenvalue weighted by molar-refractivity contribution is 7.98. The molecule has 1 heterocycles. The Balaban J connectivity index is 3.32. The number of primary amides is 2. The molecule has 1 aromatic rings. The molecule has 0 spiro atoms. The number of nitrogens with two attached hydrogens (primary N) is 4. The highest BCUT2D eigenvalue weighted by atomic mass is 32.2. The van der Waals surface area contributed by atoms with Crippen molar-refractivity contribution < 1.29 is 58.5 Å². The molecule has 0 saturated carbocycles. The fourth-order valence-corrected chi connectivity index (χ4v) is 5.76. The molecule has 0 saturated heterocycles. The number of nitrogens with zero attached hydrogens (tertiary/aromatic N) is 1. The number of aliphatic hydroxyl groups is 2. The number of carbonyl (C=O) groups excluding carboxylic acids is 8. The number of imidazole rings is 1. The summed E-state index contributed by atoms with van der Waals surface area (Å²) in [5.41, 5.74) is 22.3. The Bertz CT molecular complexity index is 1570. The molecule has 332 valence electrons. The molecular formula is C34H58N12O12S. The second-order valence-electron chi connectivity index (χ2n) is 13.5. The minimum Gasteiger partial charge on any atom is -0.480 e. The van der Waals surface area contributed by atoms with Crippen LogP contribution < -0.4 is 54.8 Å². The average Bonchev–Trinajstić information content (AvgIpc) is 3.69. The number of carboxylic acid groups (broad SMARTS) is 1. The molecule has 0 aliphatic rings. The highest BCUT2D eigenvalue weighted by Gasteiger charge is 2.34. The van der Waals surface area contributed by atoms with Crippen LogP contribution in [0.3, 0.4) is 0 Å². The van der Waals surface area contributed by atoms with E-state index in [2.05, 4.69) is 41.9 Å². The van der Waals surface area contributed by atoms with Crippen molar-refractivity contribution >= 4 is 65.0 Å². The summed E-state index contributed by atoms with van der Waals surface area (Å²) in [6, 6.07) is -10.4. The number of aromatic amines is 1. The number of nitrogens with one attached hydrogen (secondary N) is 7. The molecule has 0 aliphatic heterocycles. The number of rotatable bonds is 30. The molecule has 0 bridgehead atoms. The van der Waals surface area contributed by atoms with Crippen LogP contribution in [0.15, 0.2) is 12.5 Å². The summed E-state index contributed by atoms with van der Waals surface area (Å²) in [6.45, 7) is 0.499. The standard InChI is InChI=1S/C34H58N12O12S/c1-17(48)27(34(57)58)46-31(54)22(10-12-59-2)43-32(55)23(13-18-14-39-16-40-18)44-29(52)21(7-9-26(38)50)42-33(56)24(15-47)45-30(53)20(6-8-25(37)49)41-28(51)19(36)5-3-4-11-35/h14,16-17,19-24,27,47-48H,3-13,15,35-36H2,1-2H3,(H2,37,49)(H2,38,50)(H,39,40)(H,41,51)(H,42,56)(H,43,55)(H,44,52)(H,45,53)(H,46,54)(H,57,58)/t17-,19+,20+,21+,22+,23+,24+,27+/m1/s1. The SMILES string of the molecule is CSCC[C@H](NC(=O)[C@H](Cc1cnc[nH]1)NC(=O)[C@H](CCC(N)=O)NC(=O)[C@H](CO)NC(=O)[C@H](CCC(N)=O)NC(=O)[C@@H](N)CCCCN)C(=O)N[C@H](C(=O)O)[C@@H](C)O. The van der Waals surface area contributed by atoms with Gasteiger partial charge in [0.2, 0.25) is 47.3 Å². The summed E-state index contributed by atoms with van der Waals surface area (Å²) in [5, 5.41) is 43.5. The first-order valence-corrected chi connectivity index (χ1v) is 20.1. The molecule has 1 aromatic heterocycles. The predicted octanol–water partition coefficient (Wildman–Crippen LogP) is -5.94. The lowest BCUT2D eigenvalue weighted by atomic mass is 10.1. The molecule has 0 radical (unpaired) electrons. The maximum Gasteiger partial charge on any atom is 0.328 e. The number of carbonyl (C=O) groups is 9. The number of hydrogen-bond donors (Lipinski definition) is 14. The lowest BCUT2D eigenvalue weighted by molar-refractivity contribution is -0.145. The number of carboxylic acids is 1. The third-order valence-corrected chi connectivity index (χ3v) is 9.29. The minimum absolute atomic E-state index is 0.00976. The smallest absolute Gasteiger partial charge is 0.328 e. The van der Waals surface area contributed by atoms with Gasteiger partial charge in [-0.05, 0) is 57.6 Å². The Morgan fingerprint density at radius 3 is 1.66 bits per heavy atom. The summed E-state index contributed by atoms with van der Waals surface area (Å²) in [5.74, 6) is -8.67. The molecule has 0 fully saturated rings. The van der Waals surface area contributed by atoms with Crippen molar-refractivity contribution in [2.45, 2.75) is 113 Å². The average molecular weight is 859 g/mol. The normalized spacial score (nSPS) is 15.1. The lowest BCUT2D eigenvalue weighted by Crippen LogP contribution is -2.61. The number of hydrogen-bond acceptors (Lipinski definition) is 15. The summed E-state index contributed by atoms with van der Waals surface area (Å²) in [4.78, 5) is 122. The van der Waals surface area contributed by atoms with E-state index >= 15 is 0 Å². The van der Waals surface area contributed by atoms with Gasteiger partial charge in [-0.2, -0.15) is 11.8 Å². The van der Waals surface area contributed by atoms with Crippen molar-refractivity contribution in [1.82, 2.24) is 41.9 Å².